The van der Waals surface area contributed by atoms with E-state index in [1.165, 1.54) is 0 Å². The molecule has 0 aliphatic carbocycles. The van der Waals surface area contributed by atoms with Crippen LogP contribution >= 0.6 is 0 Å². The van der Waals surface area contributed by atoms with Gasteiger partial charge >= 0.3 is 0 Å². The second-order valence-corrected chi connectivity index (χ2v) is 6.13. The van der Waals surface area contributed by atoms with E-state index in [-0.39, 0.29) is 5.41 Å². The fourth-order valence-electron chi connectivity index (χ4n) is 1.88. The van der Waals surface area contributed by atoms with E-state index in [1.807, 2.05) is 20.8 Å². The van der Waals surface area contributed by atoms with E-state index < -0.39 is 5.60 Å². The summed E-state index contributed by atoms with van der Waals surface area (Å²) in [5, 5.41) is 13.3. The highest BCUT2D eigenvalue weighted by Crippen LogP contribution is 2.23. The van der Waals surface area contributed by atoms with E-state index in [0.717, 1.165) is 0 Å². The van der Waals surface area contributed by atoms with Gasteiger partial charge in [0.25, 0.3) is 0 Å². The lowest BCUT2D eigenvalue weighted by Crippen LogP contribution is -2.37. The van der Waals surface area contributed by atoms with Crippen LogP contribution in [0.1, 0.15) is 33.0 Å². The molecule has 1 aromatic rings. The van der Waals surface area contributed by atoms with Crippen LogP contribution in [-0.2, 0) is 10.2 Å². The summed E-state index contributed by atoms with van der Waals surface area (Å²) in [5.74, 6) is 1.75. The first kappa shape index (κ1) is 14.0. The van der Waals surface area contributed by atoms with Gasteiger partial charge in [-0.05, 0) is 0 Å². The van der Waals surface area contributed by atoms with Crippen molar-refractivity contribution in [2.75, 3.05) is 30.8 Å². The van der Waals surface area contributed by atoms with Crippen molar-refractivity contribution in [1.29, 1.82) is 0 Å². The first-order valence-corrected chi connectivity index (χ1v) is 6.48. The third-order valence-corrected chi connectivity index (χ3v) is 3.10. The van der Waals surface area contributed by atoms with Crippen molar-refractivity contribution in [2.45, 2.75) is 38.2 Å². The summed E-state index contributed by atoms with van der Waals surface area (Å²) in [6.45, 7) is 7.44. The highest BCUT2D eigenvalue weighted by molar-refractivity contribution is 5.45. The molecule has 1 aliphatic heterocycles. The van der Waals surface area contributed by atoms with Crippen LogP contribution in [0.3, 0.4) is 0 Å². The molecular formula is C13H22N4O2. The Bertz CT molecular complexity index is 450. The van der Waals surface area contributed by atoms with E-state index in [2.05, 4.69) is 15.3 Å². The van der Waals surface area contributed by atoms with Gasteiger partial charge in [0.1, 0.15) is 23.1 Å². The number of nitrogens with one attached hydrogen (secondary N) is 1. The molecule has 0 bridgehead atoms. The molecule has 0 aromatic carbocycles. The number of ether oxygens (including phenoxy) is 1. The lowest BCUT2D eigenvalue weighted by atomic mass is 9.96. The molecule has 1 aromatic heterocycles. The summed E-state index contributed by atoms with van der Waals surface area (Å²) < 4.78 is 5.20. The van der Waals surface area contributed by atoms with Crippen molar-refractivity contribution in [3.8, 4) is 0 Å². The molecule has 0 saturated carbocycles. The highest BCUT2D eigenvalue weighted by atomic mass is 16.5. The number of nitrogens with two attached hydrogens (primary N) is 1. The average Bonchev–Trinajstić information content (AvgIpc) is 2.72. The van der Waals surface area contributed by atoms with Crippen LogP contribution in [0.25, 0.3) is 0 Å². The fraction of sp³-hybridized carbons (Fsp3) is 0.692. The number of rotatable bonds is 3. The largest absolute Gasteiger partial charge is 0.386 e. The van der Waals surface area contributed by atoms with Crippen molar-refractivity contribution in [1.82, 2.24) is 9.97 Å². The van der Waals surface area contributed by atoms with Gasteiger partial charge in [0.15, 0.2) is 0 Å². The predicted octanol–water partition coefficient (Wildman–Crippen LogP) is 0.920. The van der Waals surface area contributed by atoms with Crippen LogP contribution in [0.5, 0.6) is 0 Å². The quantitative estimate of drug-likeness (QED) is 0.753. The molecule has 1 unspecified atom stereocenters. The Balaban J connectivity index is 2.10. The number of aliphatic hydroxyl groups is 1. The molecule has 4 N–H and O–H groups in total. The Labute approximate surface area is 113 Å². The molecule has 1 atom stereocenters. The molecular weight excluding hydrogens is 244 g/mol. The molecule has 106 valence electrons. The minimum atomic E-state index is -0.818. The summed E-state index contributed by atoms with van der Waals surface area (Å²) in [7, 11) is 0. The minimum absolute atomic E-state index is 0.167. The average molecular weight is 266 g/mol. The van der Waals surface area contributed by atoms with Gasteiger partial charge in [-0.3, -0.25) is 0 Å². The smallest absolute Gasteiger partial charge is 0.138 e. The van der Waals surface area contributed by atoms with E-state index in [9.17, 15) is 5.11 Å². The Hall–Kier alpha value is -1.40. The molecule has 6 heteroatoms. The summed E-state index contributed by atoms with van der Waals surface area (Å²) in [5.41, 5.74) is 4.81. The molecule has 0 spiro atoms. The molecule has 0 amide bonds. The summed E-state index contributed by atoms with van der Waals surface area (Å²) >= 11 is 0. The molecule has 1 saturated heterocycles. The molecule has 1 fully saturated rings. The van der Waals surface area contributed by atoms with Crippen LogP contribution in [0.15, 0.2) is 6.07 Å². The number of anilines is 2. The Morgan fingerprint density at radius 1 is 1.47 bits per heavy atom. The number of nitrogen functional groups attached to an aromatic ring is 1. The van der Waals surface area contributed by atoms with E-state index in [1.54, 1.807) is 6.07 Å². The SMILES string of the molecule is CC(C)(C)c1nc(N)cc(NCC2(O)CCOC2)n1. The van der Waals surface area contributed by atoms with E-state index >= 15 is 0 Å². The zero-order valence-electron chi connectivity index (χ0n) is 11.7. The first-order valence-electron chi connectivity index (χ1n) is 6.48. The van der Waals surface area contributed by atoms with Crippen molar-refractivity contribution in [3.05, 3.63) is 11.9 Å². The zero-order valence-corrected chi connectivity index (χ0v) is 11.7. The Kier molecular flexibility index (Phi) is 3.64. The standard InChI is InChI=1S/C13H22N4O2/c1-12(2,3)11-16-9(14)6-10(17-11)15-7-13(18)4-5-19-8-13/h6,18H,4-5,7-8H2,1-3H3,(H3,14,15,16,17). The summed E-state index contributed by atoms with van der Waals surface area (Å²) in [6.07, 6.45) is 0.632. The monoisotopic (exact) mass is 266 g/mol. The number of hydrogen-bond donors (Lipinski definition) is 3. The van der Waals surface area contributed by atoms with Gasteiger partial charge in [-0.15, -0.1) is 0 Å². The van der Waals surface area contributed by atoms with Gasteiger partial charge in [-0.25, -0.2) is 9.97 Å². The van der Waals surface area contributed by atoms with Gasteiger partial charge in [0.05, 0.1) is 6.61 Å². The topological polar surface area (TPSA) is 93.3 Å². The van der Waals surface area contributed by atoms with Crippen LogP contribution in [0.4, 0.5) is 11.6 Å². The Morgan fingerprint density at radius 2 is 2.21 bits per heavy atom. The summed E-state index contributed by atoms with van der Waals surface area (Å²) in [4.78, 5) is 8.68. The molecule has 2 heterocycles. The third kappa shape index (κ3) is 3.54. The van der Waals surface area contributed by atoms with Crippen molar-refractivity contribution >= 4 is 11.6 Å². The molecule has 6 nitrogen and oxygen atoms in total. The number of nitrogens with zero attached hydrogens (tertiary/aromatic N) is 2. The van der Waals surface area contributed by atoms with Gasteiger partial charge in [0, 0.05) is 31.1 Å². The molecule has 2 rings (SSSR count). The van der Waals surface area contributed by atoms with Crippen LogP contribution in [0, 0.1) is 0 Å². The van der Waals surface area contributed by atoms with E-state index in [4.69, 9.17) is 10.5 Å². The van der Waals surface area contributed by atoms with Gasteiger partial charge in [-0.2, -0.15) is 0 Å². The van der Waals surface area contributed by atoms with Crippen LogP contribution in [-0.4, -0.2) is 40.4 Å². The van der Waals surface area contributed by atoms with E-state index in [0.29, 0.717) is 43.6 Å². The van der Waals surface area contributed by atoms with Gasteiger partial charge < -0.3 is 20.9 Å². The van der Waals surface area contributed by atoms with Crippen molar-refractivity contribution in [3.63, 3.8) is 0 Å². The maximum atomic E-state index is 10.2. The van der Waals surface area contributed by atoms with Crippen LogP contribution in [0.2, 0.25) is 0 Å². The number of aromatic nitrogens is 2. The molecule has 1 aliphatic rings. The van der Waals surface area contributed by atoms with Crippen molar-refractivity contribution in [2.24, 2.45) is 0 Å². The van der Waals surface area contributed by atoms with Gasteiger partial charge in [-0.1, -0.05) is 20.8 Å². The lowest BCUT2D eigenvalue weighted by Gasteiger charge is -2.22. The molecule has 19 heavy (non-hydrogen) atoms. The highest BCUT2D eigenvalue weighted by Gasteiger charge is 2.32. The summed E-state index contributed by atoms with van der Waals surface area (Å²) in [6, 6.07) is 1.68. The predicted molar refractivity (Wildman–Crippen MR) is 74.0 cm³/mol. The lowest BCUT2D eigenvalue weighted by molar-refractivity contribution is 0.0381. The second kappa shape index (κ2) is 4.94. The maximum Gasteiger partial charge on any atom is 0.138 e. The normalized spacial score (nSPS) is 23.6. The minimum Gasteiger partial charge on any atom is -0.386 e. The second-order valence-electron chi connectivity index (χ2n) is 6.13. The molecule has 0 radical (unpaired) electrons. The van der Waals surface area contributed by atoms with Crippen molar-refractivity contribution < 1.29 is 9.84 Å². The zero-order chi connectivity index (χ0) is 14.1. The Morgan fingerprint density at radius 3 is 2.79 bits per heavy atom. The fourth-order valence-corrected chi connectivity index (χ4v) is 1.88. The van der Waals surface area contributed by atoms with Gasteiger partial charge in [0.2, 0.25) is 0 Å². The third-order valence-electron chi connectivity index (χ3n) is 3.10. The first-order chi connectivity index (χ1) is 8.78. The maximum absolute atomic E-state index is 10.2. The number of hydrogen-bond acceptors (Lipinski definition) is 6. The van der Waals surface area contributed by atoms with Crippen LogP contribution < -0.4 is 11.1 Å².